The number of aromatic amines is 1. The number of nitrogens with one attached hydrogen (secondary N) is 1. The number of nitrogens with zero attached hydrogens (tertiary/aromatic N) is 1. The third kappa shape index (κ3) is 5.46. The van der Waals surface area contributed by atoms with E-state index in [0.717, 1.165) is 22.6 Å². The van der Waals surface area contributed by atoms with E-state index in [9.17, 15) is 0 Å². The zero-order chi connectivity index (χ0) is 22.3. The van der Waals surface area contributed by atoms with Gasteiger partial charge in [-0.25, -0.2) is 0 Å². The summed E-state index contributed by atoms with van der Waals surface area (Å²) in [6.45, 7) is 8.34. The van der Waals surface area contributed by atoms with Crippen molar-refractivity contribution in [2.75, 3.05) is 13.6 Å². The van der Waals surface area contributed by atoms with Gasteiger partial charge >= 0.3 is 0 Å². The fraction of sp³-hybridized carbons (Fsp3) is 0.269. The van der Waals surface area contributed by atoms with Crippen molar-refractivity contribution in [2.24, 2.45) is 0 Å². The van der Waals surface area contributed by atoms with Gasteiger partial charge in [0, 0.05) is 16.5 Å². The second-order valence-electron chi connectivity index (χ2n) is 7.84. The summed E-state index contributed by atoms with van der Waals surface area (Å²) in [5.41, 5.74) is 7.19. The summed E-state index contributed by atoms with van der Waals surface area (Å²) in [6, 6.07) is 18.4. The van der Waals surface area contributed by atoms with Crippen LogP contribution in [-0.2, 0) is 22.7 Å². The summed E-state index contributed by atoms with van der Waals surface area (Å²) in [6.07, 6.45) is 1.84. The van der Waals surface area contributed by atoms with Gasteiger partial charge in [-0.2, -0.15) is 5.10 Å². The number of rotatable bonds is 0. The van der Waals surface area contributed by atoms with Gasteiger partial charge in [0.25, 0.3) is 0 Å². The Kier molecular flexibility index (Phi) is 7.04. The van der Waals surface area contributed by atoms with Crippen LogP contribution in [0.1, 0.15) is 27.8 Å². The van der Waals surface area contributed by atoms with E-state index in [1.165, 1.54) is 27.6 Å². The number of H-pyrrole nitrogens is 1. The third-order valence-electron chi connectivity index (χ3n) is 5.28. The minimum atomic E-state index is 0.385. The molecule has 32 heavy (non-hydrogen) atoms. The summed E-state index contributed by atoms with van der Waals surface area (Å²) < 4.78 is 20.8. The van der Waals surface area contributed by atoms with Gasteiger partial charge in [-0.05, 0) is 50.6 Å². The van der Waals surface area contributed by atoms with Gasteiger partial charge in [0.15, 0.2) is 13.6 Å². The first-order chi connectivity index (χ1) is 15.6. The van der Waals surface area contributed by atoms with Crippen LogP contribution >= 0.6 is 0 Å². The van der Waals surface area contributed by atoms with Crippen molar-refractivity contribution in [3.63, 3.8) is 0 Å². The normalized spacial score (nSPS) is 13.8. The highest BCUT2D eigenvalue weighted by atomic mass is 16.7. The van der Waals surface area contributed by atoms with E-state index in [2.05, 4.69) is 55.2 Å². The van der Waals surface area contributed by atoms with Crippen LogP contribution in [0.5, 0.6) is 11.5 Å². The minimum Gasteiger partial charge on any atom is -0.467 e. The molecule has 6 rings (SSSR count). The van der Waals surface area contributed by atoms with E-state index in [-0.39, 0.29) is 0 Å². The summed E-state index contributed by atoms with van der Waals surface area (Å²) in [4.78, 5) is 0. The Bertz CT molecular complexity index is 1180. The quantitative estimate of drug-likeness (QED) is 0.392. The van der Waals surface area contributed by atoms with Crippen molar-refractivity contribution < 1.29 is 18.9 Å². The molecule has 4 aromatic rings. The second-order valence-corrected chi connectivity index (χ2v) is 7.84. The molecule has 0 aliphatic carbocycles. The molecular weight excluding hydrogens is 404 g/mol. The lowest BCUT2D eigenvalue weighted by atomic mass is 10.1. The summed E-state index contributed by atoms with van der Waals surface area (Å²) >= 11 is 0. The molecule has 0 spiro atoms. The molecule has 0 radical (unpaired) electrons. The Morgan fingerprint density at radius 1 is 0.781 bits per heavy atom. The molecule has 0 atom stereocenters. The van der Waals surface area contributed by atoms with Crippen LogP contribution in [0.25, 0.3) is 10.9 Å². The molecular formula is C26H28N2O4. The van der Waals surface area contributed by atoms with Crippen LogP contribution in [0.2, 0.25) is 0 Å². The lowest BCUT2D eigenvalue weighted by Gasteiger charge is -2.18. The first kappa shape index (κ1) is 21.9. The zero-order valence-electron chi connectivity index (χ0n) is 18.7. The van der Waals surface area contributed by atoms with E-state index < -0.39 is 0 Å². The molecule has 0 bridgehead atoms. The van der Waals surface area contributed by atoms with Crippen LogP contribution in [0.4, 0.5) is 0 Å². The molecule has 1 N–H and O–H groups in total. The number of hydrogen-bond donors (Lipinski definition) is 1. The molecule has 0 amide bonds. The highest BCUT2D eigenvalue weighted by molar-refractivity contribution is 5.78. The lowest BCUT2D eigenvalue weighted by molar-refractivity contribution is -0.0167. The number of aryl methyl sites for hydroxylation is 3. The van der Waals surface area contributed by atoms with Gasteiger partial charge in [-0.15, -0.1) is 0 Å². The number of ether oxygens (including phenoxy) is 4. The average Bonchev–Trinajstić information content (AvgIpc) is 3.28. The fourth-order valence-corrected chi connectivity index (χ4v) is 3.53. The molecule has 0 unspecified atom stereocenters. The molecule has 3 aromatic carbocycles. The van der Waals surface area contributed by atoms with Gasteiger partial charge in [-0.3, -0.25) is 5.10 Å². The maximum Gasteiger partial charge on any atom is 0.189 e. The SMILES string of the molecule is Cc1ccc2[nH]ncc2c1.Cc1ccc2c(c1)COCO2.Cc1cccc2c1COCO2. The van der Waals surface area contributed by atoms with E-state index in [4.69, 9.17) is 18.9 Å². The smallest absolute Gasteiger partial charge is 0.189 e. The van der Waals surface area contributed by atoms with Crippen molar-refractivity contribution in [1.82, 2.24) is 10.2 Å². The van der Waals surface area contributed by atoms with Crippen molar-refractivity contribution >= 4 is 10.9 Å². The van der Waals surface area contributed by atoms with Crippen LogP contribution in [0.15, 0.2) is 60.8 Å². The van der Waals surface area contributed by atoms with Crippen LogP contribution in [0, 0.1) is 20.8 Å². The molecule has 2 aliphatic heterocycles. The third-order valence-corrected chi connectivity index (χ3v) is 5.28. The first-order valence-corrected chi connectivity index (χ1v) is 10.6. The van der Waals surface area contributed by atoms with E-state index >= 15 is 0 Å². The minimum absolute atomic E-state index is 0.385. The van der Waals surface area contributed by atoms with Crippen molar-refractivity contribution in [1.29, 1.82) is 0 Å². The van der Waals surface area contributed by atoms with Crippen LogP contribution in [-0.4, -0.2) is 23.8 Å². The van der Waals surface area contributed by atoms with Gasteiger partial charge in [0.05, 0.1) is 24.9 Å². The predicted molar refractivity (Wildman–Crippen MR) is 124 cm³/mol. The van der Waals surface area contributed by atoms with Gasteiger partial charge in [0.2, 0.25) is 0 Å². The van der Waals surface area contributed by atoms with Crippen LogP contribution in [0.3, 0.4) is 0 Å². The number of aromatic nitrogens is 2. The van der Waals surface area contributed by atoms with E-state index in [0.29, 0.717) is 26.8 Å². The Balaban J connectivity index is 0.000000115. The fourth-order valence-electron chi connectivity index (χ4n) is 3.53. The molecule has 6 nitrogen and oxygen atoms in total. The maximum absolute atomic E-state index is 5.28. The van der Waals surface area contributed by atoms with Crippen molar-refractivity contribution in [3.8, 4) is 11.5 Å². The number of hydrogen-bond acceptors (Lipinski definition) is 5. The second kappa shape index (κ2) is 10.3. The van der Waals surface area contributed by atoms with E-state index in [1.54, 1.807) is 0 Å². The zero-order valence-corrected chi connectivity index (χ0v) is 18.7. The largest absolute Gasteiger partial charge is 0.467 e. The van der Waals surface area contributed by atoms with Crippen molar-refractivity contribution in [2.45, 2.75) is 34.0 Å². The average molecular weight is 433 g/mol. The topological polar surface area (TPSA) is 65.6 Å². The lowest BCUT2D eigenvalue weighted by Crippen LogP contribution is -2.11. The molecule has 3 heterocycles. The molecule has 6 heteroatoms. The Labute approximate surface area is 188 Å². The molecule has 0 saturated carbocycles. The summed E-state index contributed by atoms with van der Waals surface area (Å²) in [7, 11) is 0. The molecule has 2 aliphatic rings. The monoisotopic (exact) mass is 432 g/mol. The van der Waals surface area contributed by atoms with E-state index in [1.807, 2.05) is 36.5 Å². The number of fused-ring (bicyclic) bond motifs is 3. The Morgan fingerprint density at radius 3 is 2.38 bits per heavy atom. The maximum atomic E-state index is 5.28. The Morgan fingerprint density at radius 2 is 1.53 bits per heavy atom. The van der Waals surface area contributed by atoms with Gasteiger partial charge < -0.3 is 18.9 Å². The number of benzene rings is 3. The molecule has 1 aromatic heterocycles. The summed E-state index contributed by atoms with van der Waals surface area (Å²) in [5, 5.41) is 7.99. The highest BCUT2D eigenvalue weighted by Crippen LogP contribution is 2.26. The molecule has 0 fully saturated rings. The standard InChI is InChI=1S/2C9H10O2.C8H8N2/c1-7-2-3-9-8(4-7)5-10-6-11-9;1-7-3-2-4-9-8(7)5-10-6-11-9;1-6-2-3-8-7(4-6)5-9-10-8/h2*2-4H,5-6H2,1H3;2-5H,1H3,(H,9,10). The molecule has 166 valence electrons. The van der Waals surface area contributed by atoms with Gasteiger partial charge in [-0.1, -0.05) is 41.5 Å². The first-order valence-electron chi connectivity index (χ1n) is 10.6. The van der Waals surface area contributed by atoms with Gasteiger partial charge in [0.1, 0.15) is 11.5 Å². The highest BCUT2D eigenvalue weighted by Gasteiger charge is 2.11. The Hall–Kier alpha value is -3.35. The predicted octanol–water partition coefficient (Wildman–Crippen LogP) is 5.59. The molecule has 0 saturated heterocycles. The van der Waals surface area contributed by atoms with Crippen molar-refractivity contribution in [3.05, 3.63) is 88.6 Å². The summed E-state index contributed by atoms with van der Waals surface area (Å²) in [5.74, 6) is 1.93. The van der Waals surface area contributed by atoms with Crippen LogP contribution < -0.4 is 9.47 Å².